The summed E-state index contributed by atoms with van der Waals surface area (Å²) in [5.74, 6) is -0.907. The standard InChI is InChI=1S/C10H15N5O3/c1-6(2)5-7(8(16)17)13-10(18)14-9-11-3-4-12-15-9/h3-4,6-7H,5H2,1-2H3,(H,16,17)(H2,11,13,14,15,18)/t7-/m1/s1. The minimum atomic E-state index is -1.08. The second-order valence-electron chi connectivity index (χ2n) is 4.09. The quantitative estimate of drug-likeness (QED) is 0.703. The van der Waals surface area contributed by atoms with Crippen molar-refractivity contribution in [1.82, 2.24) is 20.5 Å². The van der Waals surface area contributed by atoms with Gasteiger partial charge in [0.2, 0.25) is 0 Å². The van der Waals surface area contributed by atoms with Crippen molar-refractivity contribution in [3.8, 4) is 0 Å². The first-order valence-corrected chi connectivity index (χ1v) is 5.43. The first-order chi connectivity index (χ1) is 8.49. The summed E-state index contributed by atoms with van der Waals surface area (Å²) >= 11 is 0. The monoisotopic (exact) mass is 253 g/mol. The van der Waals surface area contributed by atoms with Gasteiger partial charge in [0.25, 0.3) is 5.95 Å². The van der Waals surface area contributed by atoms with Crippen LogP contribution in [-0.2, 0) is 4.79 Å². The summed E-state index contributed by atoms with van der Waals surface area (Å²) in [4.78, 5) is 26.2. The van der Waals surface area contributed by atoms with Crippen LogP contribution in [0.15, 0.2) is 12.4 Å². The molecule has 0 aliphatic rings. The zero-order chi connectivity index (χ0) is 13.5. The van der Waals surface area contributed by atoms with Gasteiger partial charge in [0, 0.05) is 0 Å². The first kappa shape index (κ1) is 13.8. The zero-order valence-corrected chi connectivity index (χ0v) is 10.1. The van der Waals surface area contributed by atoms with E-state index in [0.717, 1.165) is 0 Å². The number of aromatic nitrogens is 3. The van der Waals surface area contributed by atoms with Crippen LogP contribution in [0.25, 0.3) is 0 Å². The van der Waals surface area contributed by atoms with Crippen molar-refractivity contribution in [1.29, 1.82) is 0 Å². The van der Waals surface area contributed by atoms with E-state index in [1.165, 1.54) is 12.4 Å². The molecule has 3 N–H and O–H groups in total. The van der Waals surface area contributed by atoms with Crippen LogP contribution in [0, 0.1) is 5.92 Å². The van der Waals surface area contributed by atoms with Crippen LogP contribution >= 0.6 is 0 Å². The number of nitrogens with zero attached hydrogens (tertiary/aromatic N) is 3. The van der Waals surface area contributed by atoms with Crippen molar-refractivity contribution in [2.24, 2.45) is 5.92 Å². The molecular formula is C10H15N5O3. The predicted octanol–water partition coefficient (Wildman–Crippen LogP) is 0.492. The lowest BCUT2D eigenvalue weighted by Gasteiger charge is -2.16. The van der Waals surface area contributed by atoms with E-state index in [-0.39, 0.29) is 11.9 Å². The van der Waals surface area contributed by atoms with E-state index in [1.54, 1.807) is 0 Å². The Bertz CT molecular complexity index is 409. The molecular weight excluding hydrogens is 238 g/mol. The Balaban J connectivity index is 2.54. The van der Waals surface area contributed by atoms with Crippen molar-refractivity contribution in [2.75, 3.05) is 5.32 Å². The lowest BCUT2D eigenvalue weighted by molar-refractivity contribution is -0.139. The van der Waals surface area contributed by atoms with E-state index in [0.29, 0.717) is 6.42 Å². The van der Waals surface area contributed by atoms with Gasteiger partial charge in [-0.2, -0.15) is 5.10 Å². The molecule has 0 saturated heterocycles. The molecule has 0 radical (unpaired) electrons. The molecule has 8 heteroatoms. The number of carbonyl (C=O) groups excluding carboxylic acids is 1. The minimum Gasteiger partial charge on any atom is -0.480 e. The number of urea groups is 1. The van der Waals surface area contributed by atoms with Gasteiger partial charge in [0.1, 0.15) is 6.04 Å². The largest absolute Gasteiger partial charge is 0.480 e. The smallest absolute Gasteiger partial charge is 0.326 e. The highest BCUT2D eigenvalue weighted by atomic mass is 16.4. The van der Waals surface area contributed by atoms with E-state index in [2.05, 4.69) is 25.8 Å². The maximum Gasteiger partial charge on any atom is 0.326 e. The van der Waals surface area contributed by atoms with Gasteiger partial charge in [-0.25, -0.2) is 14.6 Å². The van der Waals surface area contributed by atoms with Gasteiger partial charge in [0.15, 0.2) is 0 Å². The van der Waals surface area contributed by atoms with Crippen molar-refractivity contribution in [2.45, 2.75) is 26.3 Å². The third-order valence-electron chi connectivity index (χ3n) is 2.02. The summed E-state index contributed by atoms with van der Waals surface area (Å²) in [7, 11) is 0. The second-order valence-corrected chi connectivity index (χ2v) is 4.09. The number of anilines is 1. The summed E-state index contributed by atoms with van der Waals surface area (Å²) in [6.07, 6.45) is 3.07. The number of carboxylic acids is 1. The number of rotatable bonds is 5. The molecule has 98 valence electrons. The number of hydrogen-bond acceptors (Lipinski definition) is 5. The molecule has 0 aliphatic heterocycles. The van der Waals surface area contributed by atoms with Gasteiger partial charge in [-0.1, -0.05) is 13.8 Å². The van der Waals surface area contributed by atoms with Gasteiger partial charge in [-0.05, 0) is 12.3 Å². The zero-order valence-electron chi connectivity index (χ0n) is 10.1. The molecule has 0 aliphatic carbocycles. The summed E-state index contributed by atoms with van der Waals surface area (Å²) in [6.45, 7) is 3.75. The Morgan fingerprint density at radius 2 is 2.11 bits per heavy atom. The average molecular weight is 253 g/mol. The molecule has 0 unspecified atom stereocenters. The molecule has 0 fully saturated rings. The van der Waals surface area contributed by atoms with Crippen molar-refractivity contribution >= 4 is 17.9 Å². The van der Waals surface area contributed by atoms with Gasteiger partial charge < -0.3 is 10.4 Å². The fourth-order valence-electron chi connectivity index (χ4n) is 1.29. The fraction of sp³-hybridized carbons (Fsp3) is 0.500. The third kappa shape index (κ3) is 4.73. The number of carboxylic acid groups (broad SMARTS) is 1. The molecule has 0 spiro atoms. The fourth-order valence-corrected chi connectivity index (χ4v) is 1.29. The molecule has 0 saturated carbocycles. The van der Waals surface area contributed by atoms with Crippen LogP contribution in [0.3, 0.4) is 0 Å². The minimum absolute atomic E-state index is 0.0173. The van der Waals surface area contributed by atoms with Gasteiger partial charge in [-0.3, -0.25) is 5.32 Å². The molecule has 18 heavy (non-hydrogen) atoms. The van der Waals surface area contributed by atoms with Crippen molar-refractivity contribution < 1.29 is 14.7 Å². The van der Waals surface area contributed by atoms with E-state index in [9.17, 15) is 9.59 Å². The predicted molar refractivity (Wildman–Crippen MR) is 62.9 cm³/mol. The molecule has 0 bridgehead atoms. The van der Waals surface area contributed by atoms with Crippen LogP contribution in [0.1, 0.15) is 20.3 Å². The van der Waals surface area contributed by atoms with Crippen LogP contribution < -0.4 is 10.6 Å². The lowest BCUT2D eigenvalue weighted by Crippen LogP contribution is -2.44. The highest BCUT2D eigenvalue weighted by Gasteiger charge is 2.21. The van der Waals surface area contributed by atoms with Crippen LogP contribution in [0.4, 0.5) is 10.7 Å². The van der Waals surface area contributed by atoms with Crippen LogP contribution in [-0.4, -0.2) is 38.3 Å². The third-order valence-corrected chi connectivity index (χ3v) is 2.02. The molecule has 1 heterocycles. The highest BCUT2D eigenvalue weighted by Crippen LogP contribution is 2.05. The van der Waals surface area contributed by atoms with Gasteiger partial charge in [0.05, 0.1) is 12.4 Å². The SMILES string of the molecule is CC(C)C[C@@H](NC(=O)Nc1nccnn1)C(=O)O. The molecule has 2 amide bonds. The molecule has 0 aromatic carbocycles. The topological polar surface area (TPSA) is 117 Å². The molecule has 1 aromatic heterocycles. The molecule has 1 atom stereocenters. The maximum atomic E-state index is 11.5. The Labute approximate surface area is 104 Å². The van der Waals surface area contributed by atoms with Crippen LogP contribution in [0.2, 0.25) is 0 Å². The summed E-state index contributed by atoms with van der Waals surface area (Å²) < 4.78 is 0. The lowest BCUT2D eigenvalue weighted by atomic mass is 10.0. The number of nitrogens with one attached hydrogen (secondary N) is 2. The average Bonchev–Trinajstić information content (AvgIpc) is 2.28. The normalized spacial score (nSPS) is 11.9. The Kier molecular flexibility index (Phi) is 4.97. The Morgan fingerprint density at radius 1 is 1.39 bits per heavy atom. The number of carbonyl (C=O) groups is 2. The van der Waals surface area contributed by atoms with E-state index in [1.807, 2.05) is 13.8 Å². The van der Waals surface area contributed by atoms with Crippen molar-refractivity contribution in [3.05, 3.63) is 12.4 Å². The number of hydrogen-bond donors (Lipinski definition) is 3. The summed E-state index contributed by atoms with van der Waals surface area (Å²) in [5, 5.41) is 20.7. The first-order valence-electron chi connectivity index (χ1n) is 5.43. The van der Waals surface area contributed by atoms with Gasteiger partial charge >= 0.3 is 12.0 Å². The second kappa shape index (κ2) is 6.48. The number of aliphatic carboxylic acids is 1. The van der Waals surface area contributed by atoms with Crippen LogP contribution in [0.5, 0.6) is 0 Å². The van der Waals surface area contributed by atoms with E-state index in [4.69, 9.17) is 5.11 Å². The highest BCUT2D eigenvalue weighted by molar-refractivity contribution is 5.90. The maximum absolute atomic E-state index is 11.5. The molecule has 1 aromatic rings. The summed E-state index contributed by atoms with van der Waals surface area (Å²) in [5.41, 5.74) is 0. The number of amides is 2. The molecule has 1 rings (SSSR count). The van der Waals surface area contributed by atoms with E-state index >= 15 is 0 Å². The van der Waals surface area contributed by atoms with Gasteiger partial charge in [-0.15, -0.1) is 5.10 Å². The Morgan fingerprint density at radius 3 is 2.61 bits per heavy atom. The Hall–Kier alpha value is -2.25. The summed E-state index contributed by atoms with van der Waals surface area (Å²) in [6, 6.07) is -1.61. The van der Waals surface area contributed by atoms with Crippen molar-refractivity contribution in [3.63, 3.8) is 0 Å². The molecule has 8 nitrogen and oxygen atoms in total. The van der Waals surface area contributed by atoms with E-state index < -0.39 is 18.0 Å².